The molecule has 8 nitrogen and oxygen atoms in total. The van der Waals surface area contributed by atoms with Crippen LogP contribution in [0.15, 0.2) is 73.3 Å². The van der Waals surface area contributed by atoms with Crippen LogP contribution in [0.2, 0.25) is 5.02 Å². The zero-order valence-corrected chi connectivity index (χ0v) is 22.9. The molecule has 0 aliphatic heterocycles. The topological polar surface area (TPSA) is 96.8 Å². The highest BCUT2D eigenvalue weighted by molar-refractivity contribution is 6.30. The molecule has 1 atom stereocenters. The van der Waals surface area contributed by atoms with Crippen molar-refractivity contribution in [1.29, 1.82) is 0 Å². The predicted octanol–water partition coefficient (Wildman–Crippen LogP) is 6.13. The van der Waals surface area contributed by atoms with Gasteiger partial charge < -0.3 is 16.0 Å². The Hall–Kier alpha value is -3.98. The van der Waals surface area contributed by atoms with Crippen LogP contribution in [0.25, 0.3) is 5.82 Å². The van der Waals surface area contributed by atoms with Crippen molar-refractivity contribution in [2.24, 2.45) is 5.92 Å². The summed E-state index contributed by atoms with van der Waals surface area (Å²) in [5.74, 6) is 1.60. The molecule has 1 aliphatic carbocycles. The first-order valence-corrected chi connectivity index (χ1v) is 14.0. The number of anilines is 2. The van der Waals surface area contributed by atoms with Gasteiger partial charge in [0.1, 0.15) is 29.8 Å². The monoisotopic (exact) mass is 561 g/mol. The van der Waals surface area contributed by atoms with E-state index in [1.54, 1.807) is 29.2 Å². The summed E-state index contributed by atoms with van der Waals surface area (Å²) in [6.45, 7) is 0.801. The number of imidazole rings is 1. The number of halogens is 2. The third-order valence-corrected chi connectivity index (χ3v) is 7.37. The lowest BCUT2D eigenvalue weighted by Crippen LogP contribution is -2.41. The SMILES string of the molecule is O=C(NCc1ccc(F)cc1)[C@@H](CC1CCCCC1)Nc1cc(-n2ccnc2)nc(NCc2cccc(Cl)c2)n1. The molecule has 0 spiro atoms. The average Bonchev–Trinajstić information content (AvgIpc) is 3.51. The molecule has 2 aromatic heterocycles. The molecule has 40 heavy (non-hydrogen) atoms. The first-order valence-electron chi connectivity index (χ1n) is 13.7. The largest absolute Gasteiger partial charge is 0.358 e. The van der Waals surface area contributed by atoms with Gasteiger partial charge in [-0.1, -0.05) is 68.0 Å². The van der Waals surface area contributed by atoms with Crippen molar-refractivity contribution >= 4 is 29.3 Å². The molecule has 2 heterocycles. The van der Waals surface area contributed by atoms with E-state index in [2.05, 4.69) is 25.9 Å². The van der Waals surface area contributed by atoms with Crippen molar-refractivity contribution in [3.63, 3.8) is 0 Å². The van der Waals surface area contributed by atoms with Crippen LogP contribution in [0.3, 0.4) is 0 Å². The van der Waals surface area contributed by atoms with E-state index in [0.29, 0.717) is 48.0 Å². The van der Waals surface area contributed by atoms with E-state index in [0.717, 1.165) is 24.0 Å². The van der Waals surface area contributed by atoms with Gasteiger partial charge in [0.2, 0.25) is 11.9 Å². The van der Waals surface area contributed by atoms with Crippen molar-refractivity contribution in [3.8, 4) is 5.82 Å². The van der Waals surface area contributed by atoms with E-state index in [9.17, 15) is 9.18 Å². The Morgan fingerprint density at radius 1 is 1.02 bits per heavy atom. The Kier molecular flexibility index (Phi) is 9.23. The zero-order valence-electron chi connectivity index (χ0n) is 22.2. The number of carbonyl (C=O) groups is 1. The van der Waals surface area contributed by atoms with Gasteiger partial charge in [0.15, 0.2) is 0 Å². The molecule has 1 amide bonds. The van der Waals surface area contributed by atoms with Crippen LogP contribution in [0.5, 0.6) is 0 Å². The maximum Gasteiger partial charge on any atom is 0.242 e. The minimum atomic E-state index is -0.491. The highest BCUT2D eigenvalue weighted by Crippen LogP contribution is 2.28. The first-order chi connectivity index (χ1) is 19.5. The summed E-state index contributed by atoms with van der Waals surface area (Å²) >= 11 is 6.15. The van der Waals surface area contributed by atoms with Gasteiger partial charge in [-0.15, -0.1) is 0 Å². The molecule has 208 valence electrons. The number of rotatable bonds is 11. The third kappa shape index (κ3) is 7.79. The van der Waals surface area contributed by atoms with Gasteiger partial charge in [0.05, 0.1) is 0 Å². The molecule has 0 bridgehead atoms. The number of aromatic nitrogens is 4. The second kappa shape index (κ2) is 13.4. The minimum absolute atomic E-state index is 0.119. The quantitative estimate of drug-likeness (QED) is 0.204. The normalized spacial score (nSPS) is 14.4. The number of carbonyl (C=O) groups excluding carboxylic acids is 1. The smallest absolute Gasteiger partial charge is 0.242 e. The van der Waals surface area contributed by atoms with Gasteiger partial charge in [-0.3, -0.25) is 9.36 Å². The predicted molar refractivity (Wildman–Crippen MR) is 155 cm³/mol. The first kappa shape index (κ1) is 27.6. The summed E-state index contributed by atoms with van der Waals surface area (Å²) in [6, 6.07) is 15.1. The van der Waals surface area contributed by atoms with Gasteiger partial charge >= 0.3 is 0 Å². The minimum Gasteiger partial charge on any atom is -0.358 e. The molecule has 3 N–H and O–H groups in total. The Morgan fingerprint density at radius 2 is 1.85 bits per heavy atom. The van der Waals surface area contributed by atoms with Crippen molar-refractivity contribution < 1.29 is 9.18 Å². The Labute approximate surface area is 238 Å². The standard InChI is InChI=1S/C30H33ClFN7O/c31-24-8-4-7-23(15-24)19-35-30-37-27(17-28(38-30)39-14-13-33-20-39)36-26(16-21-5-2-1-3-6-21)29(40)34-18-22-9-11-25(32)12-10-22/h4,7-15,17,20-21,26H,1-3,5-6,16,18-19H2,(H,34,40)(H2,35,36,37,38)/t26-/m1/s1. The number of amides is 1. The van der Waals surface area contributed by atoms with Gasteiger partial charge in [0, 0.05) is 36.6 Å². The summed E-state index contributed by atoms with van der Waals surface area (Å²) in [5.41, 5.74) is 1.83. The van der Waals surface area contributed by atoms with E-state index in [-0.39, 0.29) is 11.7 Å². The molecular formula is C30H33ClFN7O. The summed E-state index contributed by atoms with van der Waals surface area (Å²) in [4.78, 5) is 27.0. The van der Waals surface area contributed by atoms with Crippen LogP contribution in [0.1, 0.15) is 49.7 Å². The lowest BCUT2D eigenvalue weighted by molar-refractivity contribution is -0.122. The maximum absolute atomic E-state index is 13.5. The molecule has 0 unspecified atom stereocenters. The van der Waals surface area contributed by atoms with Crippen molar-refractivity contribution in [1.82, 2.24) is 24.8 Å². The average molecular weight is 562 g/mol. The van der Waals surface area contributed by atoms with Gasteiger partial charge in [0.25, 0.3) is 0 Å². The maximum atomic E-state index is 13.5. The molecule has 4 aromatic rings. The van der Waals surface area contributed by atoms with E-state index in [1.165, 1.54) is 31.4 Å². The lowest BCUT2D eigenvalue weighted by Gasteiger charge is -2.27. The molecule has 10 heteroatoms. The van der Waals surface area contributed by atoms with Gasteiger partial charge in [-0.2, -0.15) is 9.97 Å². The number of nitrogens with zero attached hydrogens (tertiary/aromatic N) is 4. The Bertz CT molecular complexity index is 1390. The van der Waals surface area contributed by atoms with Crippen LogP contribution >= 0.6 is 11.6 Å². The summed E-state index contributed by atoms with van der Waals surface area (Å²) in [5, 5.41) is 10.4. The summed E-state index contributed by atoms with van der Waals surface area (Å²) in [6.07, 6.45) is 11.7. The fourth-order valence-electron chi connectivity index (χ4n) is 5.02. The van der Waals surface area contributed by atoms with E-state index in [1.807, 2.05) is 36.5 Å². The third-order valence-electron chi connectivity index (χ3n) is 7.13. The van der Waals surface area contributed by atoms with Crippen molar-refractivity contribution in [2.75, 3.05) is 10.6 Å². The van der Waals surface area contributed by atoms with Crippen LogP contribution in [-0.2, 0) is 17.9 Å². The molecule has 2 aromatic carbocycles. The molecule has 0 radical (unpaired) electrons. The van der Waals surface area contributed by atoms with E-state index >= 15 is 0 Å². The van der Waals surface area contributed by atoms with Gasteiger partial charge in [-0.05, 0) is 47.7 Å². The number of benzene rings is 2. The lowest BCUT2D eigenvalue weighted by atomic mass is 9.84. The van der Waals surface area contributed by atoms with Crippen LogP contribution in [0, 0.1) is 11.7 Å². The van der Waals surface area contributed by atoms with Crippen molar-refractivity contribution in [2.45, 2.75) is 57.7 Å². The van der Waals surface area contributed by atoms with Crippen LogP contribution in [-0.4, -0.2) is 31.5 Å². The molecule has 5 rings (SSSR count). The zero-order chi connectivity index (χ0) is 27.7. The van der Waals surface area contributed by atoms with E-state index in [4.69, 9.17) is 16.6 Å². The number of hydrogen-bond donors (Lipinski definition) is 3. The van der Waals surface area contributed by atoms with Crippen molar-refractivity contribution in [3.05, 3.63) is 95.3 Å². The molecular weight excluding hydrogens is 529 g/mol. The second-order valence-electron chi connectivity index (χ2n) is 10.2. The molecule has 1 aliphatic rings. The fraction of sp³-hybridized carbons (Fsp3) is 0.333. The summed E-state index contributed by atoms with van der Waals surface area (Å²) in [7, 11) is 0. The Balaban J connectivity index is 1.36. The second-order valence-corrected chi connectivity index (χ2v) is 10.6. The summed E-state index contributed by atoms with van der Waals surface area (Å²) < 4.78 is 15.1. The number of nitrogens with one attached hydrogen (secondary N) is 3. The fourth-order valence-corrected chi connectivity index (χ4v) is 5.24. The molecule has 1 saturated carbocycles. The highest BCUT2D eigenvalue weighted by atomic mass is 35.5. The van der Waals surface area contributed by atoms with Crippen LogP contribution in [0.4, 0.5) is 16.2 Å². The van der Waals surface area contributed by atoms with E-state index < -0.39 is 6.04 Å². The molecule has 0 saturated heterocycles. The number of hydrogen-bond acceptors (Lipinski definition) is 6. The highest BCUT2D eigenvalue weighted by Gasteiger charge is 2.25. The Morgan fingerprint density at radius 3 is 2.60 bits per heavy atom. The van der Waals surface area contributed by atoms with Crippen LogP contribution < -0.4 is 16.0 Å². The molecule has 1 fully saturated rings. The van der Waals surface area contributed by atoms with Gasteiger partial charge in [-0.25, -0.2) is 9.37 Å².